The fourth-order valence-corrected chi connectivity index (χ4v) is 2.52. The van der Waals surface area contributed by atoms with Gasteiger partial charge < -0.3 is 4.74 Å². The summed E-state index contributed by atoms with van der Waals surface area (Å²) in [5, 5.41) is 0.501. The number of hydrogen-bond acceptors (Lipinski definition) is 4. The summed E-state index contributed by atoms with van der Waals surface area (Å²) in [6.07, 6.45) is 6.28. The highest BCUT2D eigenvalue weighted by atomic mass is 35.5. The van der Waals surface area contributed by atoms with Crippen molar-refractivity contribution in [2.24, 2.45) is 11.8 Å². The predicted octanol–water partition coefficient (Wildman–Crippen LogP) is 2.83. The maximum Gasteiger partial charge on any atom is 0.316 e. The normalized spacial score (nSPS) is 16.3. The van der Waals surface area contributed by atoms with Crippen LogP contribution in [0.4, 0.5) is 0 Å². The highest BCUT2D eigenvalue weighted by molar-refractivity contribution is 6.30. The molecule has 0 N–H and O–H groups in total. The summed E-state index contributed by atoms with van der Waals surface area (Å²) in [5.74, 6) is -1.17. The maximum atomic E-state index is 12.4. The van der Waals surface area contributed by atoms with E-state index in [1.165, 1.54) is 6.20 Å². The van der Waals surface area contributed by atoms with Gasteiger partial charge in [0.2, 0.25) is 0 Å². The van der Waals surface area contributed by atoms with Crippen LogP contribution in [0, 0.1) is 11.8 Å². The second kappa shape index (κ2) is 6.84. The molecule has 0 bridgehead atoms. The Morgan fingerprint density at radius 1 is 1.45 bits per heavy atom. The van der Waals surface area contributed by atoms with Gasteiger partial charge in [-0.1, -0.05) is 18.0 Å². The van der Waals surface area contributed by atoms with E-state index in [2.05, 4.69) is 4.98 Å². The van der Waals surface area contributed by atoms with Gasteiger partial charge in [-0.05, 0) is 37.8 Å². The highest BCUT2D eigenvalue weighted by Gasteiger charge is 2.36. The Kier molecular flexibility index (Phi) is 5.12. The molecule has 1 heterocycles. The quantitative estimate of drug-likeness (QED) is 0.598. The van der Waals surface area contributed by atoms with Crippen molar-refractivity contribution in [1.29, 1.82) is 0 Å². The molecule has 1 unspecified atom stereocenters. The van der Waals surface area contributed by atoms with Crippen molar-refractivity contribution in [3.63, 3.8) is 0 Å². The fourth-order valence-electron chi connectivity index (χ4n) is 2.32. The third kappa shape index (κ3) is 3.57. The van der Waals surface area contributed by atoms with Crippen LogP contribution in [-0.4, -0.2) is 23.3 Å². The van der Waals surface area contributed by atoms with E-state index >= 15 is 0 Å². The van der Waals surface area contributed by atoms with Crippen LogP contribution in [-0.2, 0) is 20.7 Å². The number of nitrogens with zero attached hydrogens (tertiary/aromatic N) is 1. The average molecular weight is 296 g/mol. The van der Waals surface area contributed by atoms with Crippen LogP contribution in [0.2, 0.25) is 5.02 Å². The molecule has 4 nitrogen and oxygen atoms in total. The first-order valence-electron chi connectivity index (χ1n) is 6.91. The van der Waals surface area contributed by atoms with Crippen molar-refractivity contribution in [2.75, 3.05) is 6.61 Å². The molecule has 0 spiro atoms. The predicted molar refractivity (Wildman–Crippen MR) is 75.4 cm³/mol. The molecule has 0 aromatic carbocycles. The Morgan fingerprint density at radius 2 is 2.20 bits per heavy atom. The smallest absolute Gasteiger partial charge is 0.316 e. The molecule has 108 valence electrons. The number of hydrogen-bond donors (Lipinski definition) is 0. The Labute approximate surface area is 123 Å². The van der Waals surface area contributed by atoms with Gasteiger partial charge in [-0.2, -0.15) is 0 Å². The topological polar surface area (TPSA) is 56.3 Å². The third-order valence-electron chi connectivity index (χ3n) is 3.62. The number of halogens is 1. The number of aromatic nitrogens is 1. The van der Waals surface area contributed by atoms with Gasteiger partial charge in [0.05, 0.1) is 11.6 Å². The van der Waals surface area contributed by atoms with Crippen LogP contribution in [0.1, 0.15) is 31.7 Å². The van der Waals surface area contributed by atoms with E-state index < -0.39 is 11.9 Å². The molecule has 1 atom stereocenters. The van der Waals surface area contributed by atoms with Crippen LogP contribution in [0.25, 0.3) is 0 Å². The minimum atomic E-state index is -0.736. The monoisotopic (exact) mass is 295 g/mol. The molecule has 0 saturated heterocycles. The number of ether oxygens (including phenoxy) is 1. The van der Waals surface area contributed by atoms with E-state index in [1.54, 1.807) is 19.2 Å². The van der Waals surface area contributed by atoms with Gasteiger partial charge in [0.25, 0.3) is 0 Å². The van der Waals surface area contributed by atoms with Crippen molar-refractivity contribution >= 4 is 23.4 Å². The van der Waals surface area contributed by atoms with Gasteiger partial charge in [-0.25, -0.2) is 0 Å². The Bertz CT molecular complexity index is 500. The third-order valence-corrected chi connectivity index (χ3v) is 3.83. The molecule has 1 aromatic heterocycles. The molecule has 1 saturated carbocycles. The van der Waals surface area contributed by atoms with Gasteiger partial charge in [0.15, 0.2) is 5.78 Å². The second-order valence-corrected chi connectivity index (χ2v) is 5.49. The minimum Gasteiger partial charge on any atom is -0.465 e. The zero-order chi connectivity index (χ0) is 14.5. The number of esters is 1. The molecule has 0 radical (unpaired) electrons. The van der Waals surface area contributed by atoms with E-state index in [9.17, 15) is 9.59 Å². The minimum absolute atomic E-state index is 0.00493. The second-order valence-electron chi connectivity index (χ2n) is 5.05. The van der Waals surface area contributed by atoms with Crippen LogP contribution < -0.4 is 0 Å². The summed E-state index contributed by atoms with van der Waals surface area (Å²) in [6.45, 7) is 2.02. The van der Waals surface area contributed by atoms with E-state index in [1.807, 2.05) is 0 Å². The number of Topliss-reactive ketones (excluding diaryl/α,β-unsaturated/α-hetero) is 1. The Hall–Kier alpha value is -1.42. The lowest BCUT2D eigenvalue weighted by Gasteiger charge is -2.27. The summed E-state index contributed by atoms with van der Waals surface area (Å²) in [5.41, 5.74) is 0.781. The SMILES string of the molecule is CCOC(=O)C(Cc1cncc(Cl)c1)C(=O)C1CCC1. The first-order chi connectivity index (χ1) is 9.61. The molecule has 0 amide bonds. The summed E-state index contributed by atoms with van der Waals surface area (Å²) >= 11 is 5.89. The first kappa shape index (κ1) is 15.0. The Morgan fingerprint density at radius 3 is 2.75 bits per heavy atom. The number of rotatable bonds is 6. The van der Waals surface area contributed by atoms with Gasteiger partial charge in [-0.15, -0.1) is 0 Å². The van der Waals surface area contributed by atoms with Crippen molar-refractivity contribution in [1.82, 2.24) is 4.98 Å². The van der Waals surface area contributed by atoms with Gasteiger partial charge in [0.1, 0.15) is 5.92 Å². The van der Waals surface area contributed by atoms with Crippen LogP contribution in [0.15, 0.2) is 18.5 Å². The van der Waals surface area contributed by atoms with E-state index in [0.717, 1.165) is 24.8 Å². The molecule has 5 heteroatoms. The summed E-state index contributed by atoms with van der Waals surface area (Å²) < 4.78 is 5.03. The number of carbonyl (C=O) groups is 2. The molecular formula is C15H18ClNO3. The first-order valence-corrected chi connectivity index (χ1v) is 7.29. The van der Waals surface area contributed by atoms with Crippen LogP contribution in [0.3, 0.4) is 0 Å². The van der Waals surface area contributed by atoms with Crippen molar-refractivity contribution in [2.45, 2.75) is 32.6 Å². The zero-order valence-electron chi connectivity index (χ0n) is 11.5. The molecule has 20 heavy (non-hydrogen) atoms. The largest absolute Gasteiger partial charge is 0.465 e. The van der Waals surface area contributed by atoms with Crippen molar-refractivity contribution in [3.8, 4) is 0 Å². The molecule has 2 rings (SSSR count). The molecule has 1 aromatic rings. The standard InChI is InChI=1S/C15H18ClNO3/c1-2-20-15(19)13(14(18)11-4-3-5-11)7-10-6-12(16)9-17-8-10/h6,8-9,11,13H,2-5,7H2,1H3. The number of pyridine rings is 1. The average Bonchev–Trinajstić information content (AvgIpc) is 2.34. The number of ketones is 1. The fraction of sp³-hybridized carbons (Fsp3) is 0.533. The van der Waals surface area contributed by atoms with Crippen molar-refractivity contribution < 1.29 is 14.3 Å². The number of carbonyl (C=O) groups excluding carboxylic acids is 2. The lowest BCUT2D eigenvalue weighted by molar-refractivity contribution is -0.153. The van der Waals surface area contributed by atoms with E-state index in [0.29, 0.717) is 11.4 Å². The van der Waals surface area contributed by atoms with Crippen LogP contribution in [0.5, 0.6) is 0 Å². The molecule has 1 aliphatic rings. The Balaban J connectivity index is 2.13. The maximum absolute atomic E-state index is 12.4. The van der Waals surface area contributed by atoms with E-state index in [-0.39, 0.29) is 18.3 Å². The van der Waals surface area contributed by atoms with Crippen LogP contribution >= 0.6 is 11.6 Å². The molecular weight excluding hydrogens is 278 g/mol. The lowest BCUT2D eigenvalue weighted by atomic mass is 9.76. The van der Waals surface area contributed by atoms with E-state index in [4.69, 9.17) is 16.3 Å². The highest BCUT2D eigenvalue weighted by Crippen LogP contribution is 2.31. The van der Waals surface area contributed by atoms with Crippen molar-refractivity contribution in [3.05, 3.63) is 29.0 Å². The van der Waals surface area contributed by atoms with Gasteiger partial charge in [-0.3, -0.25) is 14.6 Å². The molecule has 1 aliphatic carbocycles. The lowest BCUT2D eigenvalue weighted by Crippen LogP contribution is -2.35. The van der Waals surface area contributed by atoms with Gasteiger partial charge >= 0.3 is 5.97 Å². The summed E-state index contributed by atoms with van der Waals surface area (Å²) in [6, 6.07) is 1.73. The summed E-state index contributed by atoms with van der Waals surface area (Å²) in [7, 11) is 0. The summed E-state index contributed by atoms with van der Waals surface area (Å²) in [4.78, 5) is 28.4. The molecule has 1 fully saturated rings. The van der Waals surface area contributed by atoms with Gasteiger partial charge in [0, 0.05) is 18.3 Å². The zero-order valence-corrected chi connectivity index (χ0v) is 12.2. The molecule has 0 aliphatic heterocycles.